The van der Waals surface area contributed by atoms with Gasteiger partial charge in [0.1, 0.15) is 0 Å². The second kappa shape index (κ2) is 5.51. The Bertz CT molecular complexity index is 510. The number of rotatable bonds is 4. The zero-order valence-corrected chi connectivity index (χ0v) is 13.1. The van der Waals surface area contributed by atoms with Crippen molar-refractivity contribution < 1.29 is 9.53 Å². The number of hydrogen-bond donors (Lipinski definition) is 0. The van der Waals surface area contributed by atoms with E-state index in [0.717, 1.165) is 0 Å². The molecule has 0 bridgehead atoms. The number of halogens is 3. The van der Waals surface area contributed by atoms with Crippen molar-refractivity contribution in [2.24, 2.45) is 11.3 Å². The van der Waals surface area contributed by atoms with Crippen LogP contribution in [-0.4, -0.2) is 12.6 Å². The number of carbonyl (C=O) groups excluding carboxylic acids is 1. The lowest BCUT2D eigenvalue weighted by Gasteiger charge is -2.18. The van der Waals surface area contributed by atoms with Crippen molar-refractivity contribution in [2.75, 3.05) is 6.61 Å². The molecule has 0 aliphatic heterocycles. The van der Waals surface area contributed by atoms with Gasteiger partial charge in [0, 0.05) is 5.02 Å². The Morgan fingerprint density at radius 2 is 2.00 bits per heavy atom. The van der Waals surface area contributed by atoms with Gasteiger partial charge in [-0.3, -0.25) is 0 Å². The third-order valence-electron chi connectivity index (χ3n) is 3.91. The van der Waals surface area contributed by atoms with Crippen molar-refractivity contribution in [3.05, 3.63) is 32.8 Å². The minimum absolute atomic E-state index is 0.182. The summed E-state index contributed by atoms with van der Waals surface area (Å²) in [5.41, 5.74) is 0.531. The van der Waals surface area contributed by atoms with Crippen LogP contribution in [0, 0.1) is 11.3 Å². The minimum Gasteiger partial charge on any atom is -0.462 e. The van der Waals surface area contributed by atoms with E-state index in [1.807, 2.05) is 0 Å². The van der Waals surface area contributed by atoms with Gasteiger partial charge in [-0.15, -0.1) is 0 Å². The highest BCUT2D eigenvalue weighted by molar-refractivity contribution is 6.45. The van der Waals surface area contributed by atoms with Crippen LogP contribution in [0.1, 0.15) is 37.0 Å². The fourth-order valence-electron chi connectivity index (χ4n) is 1.87. The highest BCUT2D eigenvalue weighted by Gasteiger charge is 2.42. The van der Waals surface area contributed by atoms with Crippen molar-refractivity contribution in [3.63, 3.8) is 0 Å². The van der Waals surface area contributed by atoms with E-state index in [0.29, 0.717) is 23.0 Å². The van der Waals surface area contributed by atoms with E-state index in [1.54, 1.807) is 0 Å². The molecule has 19 heavy (non-hydrogen) atoms. The minimum atomic E-state index is -0.481. The van der Waals surface area contributed by atoms with Crippen molar-refractivity contribution in [3.8, 4) is 0 Å². The predicted molar refractivity (Wildman–Crippen MR) is 78.3 cm³/mol. The highest BCUT2D eigenvalue weighted by atomic mass is 35.5. The molecule has 1 aliphatic carbocycles. The summed E-state index contributed by atoms with van der Waals surface area (Å²) in [6, 6.07) is 2.97. The van der Waals surface area contributed by atoms with Gasteiger partial charge in [0.25, 0.3) is 0 Å². The first-order chi connectivity index (χ1) is 8.83. The van der Waals surface area contributed by atoms with Gasteiger partial charge < -0.3 is 4.74 Å². The van der Waals surface area contributed by atoms with E-state index in [2.05, 4.69) is 13.8 Å². The summed E-state index contributed by atoms with van der Waals surface area (Å²) in [4.78, 5) is 12.0. The van der Waals surface area contributed by atoms with Crippen LogP contribution in [0.5, 0.6) is 0 Å². The standard InChI is InChI=1S/C14H15Cl3O2/c1-8(14(2)3-4-14)7-19-13(18)10-5-9(15)6-11(16)12(10)17/h5-6,8H,3-4,7H2,1-2H3. The van der Waals surface area contributed by atoms with Crippen molar-refractivity contribution in [1.82, 2.24) is 0 Å². The molecule has 1 unspecified atom stereocenters. The van der Waals surface area contributed by atoms with Gasteiger partial charge in [-0.05, 0) is 36.3 Å². The Balaban J connectivity index is 2.04. The van der Waals surface area contributed by atoms with Crippen LogP contribution in [0.3, 0.4) is 0 Å². The van der Waals surface area contributed by atoms with Crippen molar-refractivity contribution in [1.29, 1.82) is 0 Å². The first-order valence-electron chi connectivity index (χ1n) is 6.15. The monoisotopic (exact) mass is 320 g/mol. The third kappa shape index (κ3) is 3.36. The Morgan fingerprint density at radius 1 is 1.37 bits per heavy atom. The van der Waals surface area contributed by atoms with E-state index >= 15 is 0 Å². The molecule has 104 valence electrons. The number of carbonyl (C=O) groups is 1. The van der Waals surface area contributed by atoms with Gasteiger partial charge in [-0.2, -0.15) is 0 Å². The number of hydrogen-bond acceptors (Lipinski definition) is 2. The summed E-state index contributed by atoms with van der Waals surface area (Å²) in [7, 11) is 0. The first-order valence-corrected chi connectivity index (χ1v) is 7.28. The maximum atomic E-state index is 12.0. The summed E-state index contributed by atoms with van der Waals surface area (Å²) < 4.78 is 5.31. The maximum Gasteiger partial charge on any atom is 0.339 e. The smallest absolute Gasteiger partial charge is 0.339 e. The van der Waals surface area contributed by atoms with Gasteiger partial charge in [-0.1, -0.05) is 48.7 Å². The van der Waals surface area contributed by atoms with E-state index in [4.69, 9.17) is 39.5 Å². The Morgan fingerprint density at radius 3 is 2.58 bits per heavy atom. The molecule has 2 nitrogen and oxygen atoms in total. The summed E-state index contributed by atoms with van der Waals surface area (Å²) in [6.45, 7) is 4.68. The van der Waals surface area contributed by atoms with E-state index in [1.165, 1.54) is 25.0 Å². The molecule has 1 aliphatic rings. The lowest BCUT2D eigenvalue weighted by molar-refractivity contribution is 0.0401. The van der Waals surface area contributed by atoms with E-state index in [-0.39, 0.29) is 15.6 Å². The SMILES string of the molecule is CC(COC(=O)c1cc(Cl)cc(Cl)c1Cl)C1(C)CC1. The zero-order chi connectivity index (χ0) is 14.2. The fraction of sp³-hybridized carbons (Fsp3) is 0.500. The maximum absolute atomic E-state index is 12.0. The Hall–Kier alpha value is -0.440. The molecular formula is C14H15Cl3O2. The largest absolute Gasteiger partial charge is 0.462 e. The molecule has 0 spiro atoms. The quantitative estimate of drug-likeness (QED) is 0.560. The molecule has 1 fully saturated rings. The molecule has 0 aromatic heterocycles. The zero-order valence-electron chi connectivity index (χ0n) is 10.8. The van der Waals surface area contributed by atoms with Crippen LogP contribution in [0.2, 0.25) is 15.1 Å². The van der Waals surface area contributed by atoms with Gasteiger partial charge in [0.2, 0.25) is 0 Å². The molecule has 0 saturated heterocycles. The lowest BCUT2D eigenvalue weighted by Crippen LogP contribution is -2.18. The van der Waals surface area contributed by atoms with Crippen LogP contribution in [0.15, 0.2) is 12.1 Å². The molecule has 1 saturated carbocycles. The molecule has 0 heterocycles. The molecule has 1 aromatic rings. The number of esters is 1. The molecule has 5 heteroatoms. The normalized spacial score (nSPS) is 17.9. The van der Waals surface area contributed by atoms with Crippen LogP contribution >= 0.6 is 34.8 Å². The molecular weight excluding hydrogens is 307 g/mol. The van der Waals surface area contributed by atoms with Crippen molar-refractivity contribution in [2.45, 2.75) is 26.7 Å². The van der Waals surface area contributed by atoms with Gasteiger partial charge >= 0.3 is 5.97 Å². The Kier molecular flexibility index (Phi) is 4.34. The molecule has 0 radical (unpaired) electrons. The molecule has 2 rings (SSSR count). The third-order valence-corrected chi connectivity index (χ3v) is 4.93. The van der Waals surface area contributed by atoms with Crippen LogP contribution in [-0.2, 0) is 4.74 Å². The second-order valence-electron chi connectivity index (χ2n) is 5.40. The Labute approximate surface area is 128 Å². The lowest BCUT2D eigenvalue weighted by atomic mass is 9.94. The average molecular weight is 322 g/mol. The summed E-state index contributed by atoms with van der Waals surface area (Å²) in [5, 5.41) is 0.799. The van der Waals surface area contributed by atoms with Crippen molar-refractivity contribution >= 4 is 40.8 Å². The van der Waals surface area contributed by atoms with Gasteiger partial charge in [0.15, 0.2) is 0 Å². The second-order valence-corrected chi connectivity index (χ2v) is 6.62. The highest BCUT2D eigenvalue weighted by Crippen LogP contribution is 2.51. The van der Waals surface area contributed by atoms with Gasteiger partial charge in [0.05, 0.1) is 22.2 Å². The molecule has 0 amide bonds. The average Bonchev–Trinajstić information content (AvgIpc) is 3.09. The summed E-state index contributed by atoms with van der Waals surface area (Å²) in [6.07, 6.45) is 2.38. The number of ether oxygens (including phenoxy) is 1. The molecule has 1 atom stereocenters. The molecule has 1 aromatic carbocycles. The fourth-order valence-corrected chi connectivity index (χ4v) is 2.55. The van der Waals surface area contributed by atoms with Gasteiger partial charge in [-0.25, -0.2) is 4.79 Å². The van der Waals surface area contributed by atoms with Crippen LogP contribution < -0.4 is 0 Å². The molecule has 0 N–H and O–H groups in total. The summed E-state index contributed by atoms with van der Waals surface area (Å²) in [5.74, 6) is -0.143. The number of benzene rings is 1. The summed E-state index contributed by atoms with van der Waals surface area (Å²) >= 11 is 17.7. The van der Waals surface area contributed by atoms with Crippen LogP contribution in [0.4, 0.5) is 0 Å². The van der Waals surface area contributed by atoms with E-state index < -0.39 is 5.97 Å². The topological polar surface area (TPSA) is 26.3 Å². The predicted octanol–water partition coefficient (Wildman–Crippen LogP) is 5.24. The first kappa shape index (κ1) is 15.0. The van der Waals surface area contributed by atoms with E-state index in [9.17, 15) is 4.79 Å². The van der Waals surface area contributed by atoms with Crippen LogP contribution in [0.25, 0.3) is 0 Å².